The van der Waals surface area contributed by atoms with Crippen molar-refractivity contribution < 1.29 is 9.47 Å². The van der Waals surface area contributed by atoms with Gasteiger partial charge in [0.05, 0.1) is 12.7 Å². The van der Waals surface area contributed by atoms with Crippen LogP contribution in [-0.4, -0.2) is 25.9 Å². The number of hydrogen-bond donors (Lipinski definition) is 1. The Morgan fingerprint density at radius 1 is 1.43 bits per heavy atom. The van der Waals surface area contributed by atoms with E-state index in [1.54, 1.807) is 0 Å². The normalized spacial score (nSPS) is 18.4. The van der Waals surface area contributed by atoms with Gasteiger partial charge in [0.2, 0.25) is 0 Å². The summed E-state index contributed by atoms with van der Waals surface area (Å²) in [6.45, 7) is 7.68. The number of nitrogens with one attached hydrogen (secondary N) is 1. The molecule has 1 N–H and O–H groups in total. The third kappa shape index (κ3) is 5.50. The molecule has 1 fully saturated rings. The zero-order valence-corrected chi connectivity index (χ0v) is 13.8. The molecule has 3 nitrogen and oxygen atoms in total. The third-order valence-electron chi connectivity index (χ3n) is 3.65. The minimum absolute atomic E-state index is 0.367. The quantitative estimate of drug-likeness (QED) is 0.786. The van der Waals surface area contributed by atoms with Gasteiger partial charge in [-0.05, 0) is 37.4 Å². The highest BCUT2D eigenvalue weighted by atomic mass is 35.5. The summed E-state index contributed by atoms with van der Waals surface area (Å²) in [5.41, 5.74) is 1.05. The molecule has 2 rings (SSSR count). The van der Waals surface area contributed by atoms with Crippen LogP contribution in [0.4, 0.5) is 0 Å². The maximum Gasteiger partial charge on any atom is 0.125 e. The van der Waals surface area contributed by atoms with E-state index in [2.05, 4.69) is 19.2 Å². The lowest BCUT2D eigenvalue weighted by Gasteiger charge is -2.16. The van der Waals surface area contributed by atoms with E-state index in [0.29, 0.717) is 18.6 Å². The minimum atomic E-state index is 0.367. The molecular formula is C17H26ClNO2. The van der Waals surface area contributed by atoms with Crippen molar-refractivity contribution in [3.8, 4) is 5.75 Å². The summed E-state index contributed by atoms with van der Waals surface area (Å²) in [6.07, 6.45) is 3.64. The lowest BCUT2D eigenvalue weighted by Crippen LogP contribution is -2.20. The lowest BCUT2D eigenvalue weighted by atomic mass is 10.1. The molecule has 1 saturated heterocycles. The van der Waals surface area contributed by atoms with Crippen molar-refractivity contribution in [2.24, 2.45) is 5.92 Å². The predicted octanol–water partition coefficient (Wildman–Crippen LogP) is 4.03. The van der Waals surface area contributed by atoms with Crippen molar-refractivity contribution >= 4 is 11.6 Å². The monoisotopic (exact) mass is 311 g/mol. The number of benzene rings is 1. The summed E-state index contributed by atoms with van der Waals surface area (Å²) in [4.78, 5) is 0. The fourth-order valence-electron chi connectivity index (χ4n) is 2.50. The first-order valence-corrected chi connectivity index (χ1v) is 8.27. The van der Waals surface area contributed by atoms with Gasteiger partial charge in [0, 0.05) is 30.2 Å². The first kappa shape index (κ1) is 16.6. The maximum absolute atomic E-state index is 6.31. The van der Waals surface area contributed by atoms with Crippen LogP contribution in [0.2, 0.25) is 5.02 Å². The summed E-state index contributed by atoms with van der Waals surface area (Å²) >= 11 is 6.31. The van der Waals surface area contributed by atoms with Gasteiger partial charge in [-0.25, -0.2) is 0 Å². The van der Waals surface area contributed by atoms with E-state index < -0.39 is 0 Å². The summed E-state index contributed by atoms with van der Waals surface area (Å²) in [7, 11) is 0. The number of halogens is 1. The summed E-state index contributed by atoms with van der Waals surface area (Å²) in [5, 5.41) is 4.19. The van der Waals surface area contributed by atoms with E-state index in [9.17, 15) is 0 Å². The molecule has 0 aromatic heterocycles. The van der Waals surface area contributed by atoms with E-state index in [4.69, 9.17) is 21.1 Å². The number of rotatable bonds is 8. The molecule has 0 saturated carbocycles. The van der Waals surface area contributed by atoms with Crippen LogP contribution in [0, 0.1) is 5.92 Å². The average molecular weight is 312 g/mol. The smallest absolute Gasteiger partial charge is 0.125 e. The zero-order chi connectivity index (χ0) is 15.1. The van der Waals surface area contributed by atoms with Crippen LogP contribution in [0.5, 0.6) is 5.75 Å². The standard InChI is InChI=1S/C17H26ClNO2/c1-13(2)11-19-12-15-16(18)6-3-7-17(15)21-10-8-14-5-4-9-20-14/h3,6-7,13-14,19H,4-5,8-12H2,1-2H3. The topological polar surface area (TPSA) is 30.5 Å². The van der Waals surface area contributed by atoms with E-state index in [1.807, 2.05) is 18.2 Å². The molecule has 1 aromatic rings. The molecule has 4 heteroatoms. The van der Waals surface area contributed by atoms with Gasteiger partial charge in [0.1, 0.15) is 5.75 Å². The molecule has 21 heavy (non-hydrogen) atoms. The van der Waals surface area contributed by atoms with Crippen LogP contribution in [0.3, 0.4) is 0 Å². The lowest BCUT2D eigenvalue weighted by molar-refractivity contribution is 0.0902. The molecule has 118 valence electrons. The fraction of sp³-hybridized carbons (Fsp3) is 0.647. The first-order valence-electron chi connectivity index (χ1n) is 7.89. The van der Waals surface area contributed by atoms with Gasteiger partial charge in [-0.1, -0.05) is 31.5 Å². The van der Waals surface area contributed by atoms with E-state index in [-0.39, 0.29) is 0 Å². The molecule has 0 aliphatic carbocycles. The Bertz CT molecular complexity index is 431. The minimum Gasteiger partial charge on any atom is -0.493 e. The molecule has 1 atom stereocenters. The molecule has 1 aliphatic rings. The Morgan fingerprint density at radius 3 is 3.00 bits per heavy atom. The van der Waals surface area contributed by atoms with Gasteiger partial charge < -0.3 is 14.8 Å². The van der Waals surface area contributed by atoms with Crippen molar-refractivity contribution in [1.82, 2.24) is 5.32 Å². The predicted molar refractivity (Wildman–Crippen MR) is 87.1 cm³/mol. The van der Waals surface area contributed by atoms with Crippen molar-refractivity contribution in [2.75, 3.05) is 19.8 Å². The van der Waals surface area contributed by atoms with E-state index in [1.165, 1.54) is 6.42 Å². The summed E-state index contributed by atoms with van der Waals surface area (Å²) in [5.74, 6) is 1.51. The number of ether oxygens (including phenoxy) is 2. The van der Waals surface area contributed by atoms with Gasteiger partial charge in [-0.15, -0.1) is 0 Å². The summed E-state index contributed by atoms with van der Waals surface area (Å²) < 4.78 is 11.6. The third-order valence-corrected chi connectivity index (χ3v) is 4.01. The molecule has 1 heterocycles. The summed E-state index contributed by atoms with van der Waals surface area (Å²) in [6, 6.07) is 5.85. The molecule has 0 amide bonds. The van der Waals surface area contributed by atoms with Crippen LogP contribution in [0.1, 0.15) is 38.7 Å². The van der Waals surface area contributed by atoms with Crippen LogP contribution >= 0.6 is 11.6 Å². The molecule has 1 unspecified atom stereocenters. The van der Waals surface area contributed by atoms with Crippen LogP contribution in [0.25, 0.3) is 0 Å². The fourth-order valence-corrected chi connectivity index (χ4v) is 2.74. The van der Waals surface area contributed by atoms with E-state index >= 15 is 0 Å². The Labute approximate surface area is 133 Å². The van der Waals surface area contributed by atoms with Crippen LogP contribution in [-0.2, 0) is 11.3 Å². The van der Waals surface area contributed by atoms with Crippen molar-refractivity contribution in [3.05, 3.63) is 28.8 Å². The first-order chi connectivity index (χ1) is 10.2. The molecule has 0 bridgehead atoms. The second-order valence-corrected chi connectivity index (χ2v) is 6.42. The Morgan fingerprint density at radius 2 is 2.29 bits per heavy atom. The molecule has 0 spiro atoms. The zero-order valence-electron chi connectivity index (χ0n) is 13.0. The Kier molecular flexibility index (Phi) is 6.81. The molecule has 0 radical (unpaired) electrons. The van der Waals surface area contributed by atoms with Crippen molar-refractivity contribution in [2.45, 2.75) is 45.8 Å². The van der Waals surface area contributed by atoms with Crippen LogP contribution < -0.4 is 10.1 Å². The largest absolute Gasteiger partial charge is 0.493 e. The Balaban J connectivity index is 1.86. The van der Waals surface area contributed by atoms with Gasteiger partial charge in [0.15, 0.2) is 0 Å². The highest BCUT2D eigenvalue weighted by molar-refractivity contribution is 6.31. The Hall–Kier alpha value is -0.770. The maximum atomic E-state index is 6.31. The van der Waals surface area contributed by atoms with Gasteiger partial charge in [-0.3, -0.25) is 0 Å². The van der Waals surface area contributed by atoms with E-state index in [0.717, 1.165) is 48.9 Å². The SMILES string of the molecule is CC(C)CNCc1c(Cl)cccc1OCCC1CCCO1. The average Bonchev–Trinajstić information content (AvgIpc) is 2.94. The van der Waals surface area contributed by atoms with Gasteiger partial charge in [0.25, 0.3) is 0 Å². The second-order valence-electron chi connectivity index (χ2n) is 6.01. The second kappa shape index (κ2) is 8.62. The van der Waals surface area contributed by atoms with Crippen molar-refractivity contribution in [1.29, 1.82) is 0 Å². The molecule has 1 aromatic carbocycles. The van der Waals surface area contributed by atoms with Gasteiger partial charge in [-0.2, -0.15) is 0 Å². The number of hydrogen-bond acceptors (Lipinski definition) is 3. The van der Waals surface area contributed by atoms with Crippen molar-refractivity contribution in [3.63, 3.8) is 0 Å². The molecule has 1 aliphatic heterocycles. The molecular weight excluding hydrogens is 286 g/mol. The highest BCUT2D eigenvalue weighted by Gasteiger charge is 2.16. The van der Waals surface area contributed by atoms with Crippen LogP contribution in [0.15, 0.2) is 18.2 Å². The van der Waals surface area contributed by atoms with Gasteiger partial charge >= 0.3 is 0 Å². The highest BCUT2D eigenvalue weighted by Crippen LogP contribution is 2.27.